The minimum atomic E-state index is -1.29. The van der Waals surface area contributed by atoms with E-state index in [0.717, 1.165) is 22.7 Å². The third-order valence-corrected chi connectivity index (χ3v) is 5.93. The third kappa shape index (κ3) is 4.35. The Balaban J connectivity index is 1.89. The van der Waals surface area contributed by atoms with Crippen molar-refractivity contribution in [3.8, 4) is 0 Å². The number of aryl methyl sites for hydroxylation is 2. The second-order valence-electron chi connectivity index (χ2n) is 8.84. The third-order valence-electron chi connectivity index (χ3n) is 5.93. The van der Waals surface area contributed by atoms with Crippen LogP contribution in [0.1, 0.15) is 44.4 Å². The predicted molar refractivity (Wildman–Crippen MR) is 120 cm³/mol. The van der Waals surface area contributed by atoms with E-state index in [1.165, 1.54) is 23.6 Å². The molecule has 1 aromatic rings. The Morgan fingerprint density at radius 3 is 2.33 bits per heavy atom. The van der Waals surface area contributed by atoms with Gasteiger partial charge >= 0.3 is 0 Å². The molecular weight excluding hydrogens is 377 g/mol. The molecule has 1 aromatic carbocycles. The number of allylic oxidation sites excluding steroid dienone is 2. The lowest BCUT2D eigenvalue weighted by atomic mass is 9.97. The molecule has 1 fully saturated rings. The number of nitrogens with one attached hydrogen (secondary N) is 1. The number of amides is 1. The number of carbonyl (C=O) groups excluding carboxylic acids is 1. The van der Waals surface area contributed by atoms with E-state index in [0.29, 0.717) is 12.1 Å². The van der Waals surface area contributed by atoms with E-state index in [9.17, 15) is 9.18 Å². The van der Waals surface area contributed by atoms with Crippen molar-refractivity contribution >= 4 is 5.91 Å². The fraction of sp³-hybridized carbons (Fsp3) is 0.400. The van der Waals surface area contributed by atoms with Crippen LogP contribution in [0.3, 0.4) is 0 Å². The molecule has 0 spiro atoms. The van der Waals surface area contributed by atoms with Crippen LogP contribution in [0.4, 0.5) is 4.39 Å². The van der Waals surface area contributed by atoms with Crippen molar-refractivity contribution in [2.75, 3.05) is 13.1 Å². The Labute approximate surface area is 179 Å². The van der Waals surface area contributed by atoms with Crippen molar-refractivity contribution in [3.05, 3.63) is 82.0 Å². The molecule has 1 N–H and O–H groups in total. The second-order valence-corrected chi connectivity index (χ2v) is 8.84. The van der Waals surface area contributed by atoms with E-state index < -0.39 is 5.67 Å². The summed E-state index contributed by atoms with van der Waals surface area (Å²) in [5, 5.41) is 3.48. The van der Waals surface area contributed by atoms with E-state index in [-0.39, 0.29) is 19.0 Å². The lowest BCUT2D eigenvalue weighted by Gasteiger charge is -2.43. The highest BCUT2D eigenvalue weighted by molar-refractivity contribution is 5.97. The highest BCUT2D eigenvalue weighted by Gasteiger charge is 2.42. The normalized spacial score (nSPS) is 17.8. The monoisotopic (exact) mass is 409 g/mol. The first-order valence-corrected chi connectivity index (χ1v) is 10.3. The van der Waals surface area contributed by atoms with Gasteiger partial charge in [-0.15, -0.1) is 0 Å². The molecule has 2 heterocycles. The van der Waals surface area contributed by atoms with Gasteiger partial charge in [0.1, 0.15) is 5.67 Å². The molecule has 3 rings (SSSR count). The van der Waals surface area contributed by atoms with E-state index in [1.54, 1.807) is 4.90 Å². The molecule has 30 heavy (non-hydrogen) atoms. The summed E-state index contributed by atoms with van der Waals surface area (Å²) in [6.45, 7) is 17.0. The van der Waals surface area contributed by atoms with Gasteiger partial charge < -0.3 is 15.1 Å². The molecule has 5 heteroatoms. The molecule has 0 unspecified atom stereocenters. The van der Waals surface area contributed by atoms with Gasteiger partial charge in [-0.1, -0.05) is 30.4 Å². The van der Waals surface area contributed by atoms with Gasteiger partial charge in [0.2, 0.25) is 0 Å². The molecule has 0 bridgehead atoms. The van der Waals surface area contributed by atoms with Crippen molar-refractivity contribution in [3.63, 3.8) is 0 Å². The van der Waals surface area contributed by atoms with Crippen molar-refractivity contribution < 1.29 is 9.18 Å². The van der Waals surface area contributed by atoms with Gasteiger partial charge in [0.05, 0.1) is 30.1 Å². The number of rotatable bonds is 5. The van der Waals surface area contributed by atoms with E-state index >= 15 is 0 Å². The molecule has 0 radical (unpaired) electrons. The van der Waals surface area contributed by atoms with Gasteiger partial charge in [-0.2, -0.15) is 0 Å². The number of benzene rings is 1. The smallest absolute Gasteiger partial charge is 0.255 e. The lowest BCUT2D eigenvalue weighted by Crippen LogP contribution is -2.59. The number of alkyl halides is 1. The number of hydrogen-bond donors (Lipinski definition) is 1. The molecule has 0 aromatic heterocycles. The minimum Gasteiger partial charge on any atom is -0.379 e. The number of likely N-dealkylation sites (tertiary alicyclic amines) is 1. The predicted octanol–water partition coefficient (Wildman–Crippen LogP) is 4.87. The molecule has 1 saturated heterocycles. The lowest BCUT2D eigenvalue weighted by molar-refractivity contribution is -0.139. The van der Waals surface area contributed by atoms with Crippen LogP contribution in [0.5, 0.6) is 0 Å². The highest BCUT2D eigenvalue weighted by atomic mass is 19.1. The summed E-state index contributed by atoms with van der Waals surface area (Å²) in [4.78, 5) is 16.5. The van der Waals surface area contributed by atoms with Gasteiger partial charge in [-0.05, 0) is 64.3 Å². The van der Waals surface area contributed by atoms with Gasteiger partial charge in [0.15, 0.2) is 0 Å². The van der Waals surface area contributed by atoms with Gasteiger partial charge in [-0.3, -0.25) is 4.79 Å². The zero-order valence-electron chi connectivity index (χ0n) is 18.9. The topological polar surface area (TPSA) is 35.6 Å². The van der Waals surface area contributed by atoms with Gasteiger partial charge in [0.25, 0.3) is 5.91 Å². The maximum atomic E-state index is 13.9. The minimum absolute atomic E-state index is 0.130. The first-order valence-electron chi connectivity index (χ1n) is 10.3. The van der Waals surface area contributed by atoms with Crippen molar-refractivity contribution in [1.29, 1.82) is 0 Å². The Bertz CT molecular complexity index is 952. The molecule has 0 saturated carbocycles. The summed E-state index contributed by atoms with van der Waals surface area (Å²) in [5.41, 5.74) is 6.64. The van der Waals surface area contributed by atoms with Crippen LogP contribution in [-0.2, 0) is 11.3 Å². The number of hydrogen-bond acceptors (Lipinski definition) is 3. The standard InChI is InChI=1S/C25H32FN3O/c1-16(2)19(5)29-13-21(24(30)28-14-25(7,26)15-28)11-23(20(29)6)27-12-22-17(3)9-8-10-18(22)4/h8-11,13,27H,6,12,14-15H2,1-5,7H3. The van der Waals surface area contributed by atoms with Crippen LogP contribution in [-0.4, -0.2) is 34.5 Å². The quantitative estimate of drug-likeness (QED) is 0.753. The SMILES string of the molecule is C=C1C(NCc2c(C)cccc2C)=CC(C(=O)N2CC(C)(F)C2)=CN1C(C)=C(C)C. The molecule has 2 aliphatic rings. The van der Waals surface area contributed by atoms with Crippen LogP contribution in [0.2, 0.25) is 0 Å². The summed E-state index contributed by atoms with van der Waals surface area (Å²) in [7, 11) is 0. The van der Waals surface area contributed by atoms with E-state index in [1.807, 2.05) is 37.9 Å². The number of carbonyl (C=O) groups is 1. The van der Waals surface area contributed by atoms with Crippen LogP contribution >= 0.6 is 0 Å². The summed E-state index contributed by atoms with van der Waals surface area (Å²) < 4.78 is 13.9. The van der Waals surface area contributed by atoms with E-state index in [2.05, 4.69) is 43.9 Å². The van der Waals surface area contributed by atoms with Crippen molar-refractivity contribution in [2.45, 2.75) is 53.8 Å². The molecule has 0 atom stereocenters. The fourth-order valence-electron chi connectivity index (χ4n) is 3.82. The first kappa shape index (κ1) is 21.9. The van der Waals surface area contributed by atoms with Gasteiger partial charge in [-0.25, -0.2) is 4.39 Å². The summed E-state index contributed by atoms with van der Waals surface area (Å²) >= 11 is 0. The average Bonchev–Trinajstić information content (AvgIpc) is 2.65. The molecular formula is C25H32FN3O. The molecule has 1 amide bonds. The van der Waals surface area contributed by atoms with E-state index in [4.69, 9.17) is 0 Å². The van der Waals surface area contributed by atoms with Crippen LogP contribution in [0, 0.1) is 13.8 Å². The first-order chi connectivity index (χ1) is 14.0. The molecule has 4 nitrogen and oxygen atoms in total. The van der Waals surface area contributed by atoms with Crippen LogP contribution in [0.25, 0.3) is 0 Å². The summed E-state index contributed by atoms with van der Waals surface area (Å²) in [6, 6.07) is 6.25. The van der Waals surface area contributed by atoms with Crippen LogP contribution < -0.4 is 5.32 Å². The Morgan fingerprint density at radius 2 is 1.80 bits per heavy atom. The average molecular weight is 410 g/mol. The summed E-state index contributed by atoms with van der Waals surface area (Å²) in [5.74, 6) is -0.157. The number of nitrogens with zero attached hydrogens (tertiary/aromatic N) is 2. The zero-order valence-corrected chi connectivity index (χ0v) is 18.9. The highest BCUT2D eigenvalue weighted by Crippen LogP contribution is 2.31. The fourth-order valence-corrected chi connectivity index (χ4v) is 3.82. The molecule has 0 aliphatic carbocycles. The zero-order chi connectivity index (χ0) is 22.2. The molecule has 2 aliphatic heterocycles. The second kappa shape index (κ2) is 8.13. The maximum Gasteiger partial charge on any atom is 0.255 e. The largest absolute Gasteiger partial charge is 0.379 e. The Morgan fingerprint density at radius 1 is 1.20 bits per heavy atom. The maximum absolute atomic E-state index is 13.9. The summed E-state index contributed by atoms with van der Waals surface area (Å²) in [6.07, 6.45) is 3.64. The number of halogens is 1. The van der Waals surface area contributed by atoms with Crippen molar-refractivity contribution in [2.24, 2.45) is 0 Å². The Hall–Kier alpha value is -2.82. The molecule has 160 valence electrons. The van der Waals surface area contributed by atoms with Crippen LogP contribution in [0.15, 0.2) is 65.3 Å². The van der Waals surface area contributed by atoms with Crippen molar-refractivity contribution in [1.82, 2.24) is 15.1 Å². The van der Waals surface area contributed by atoms with Gasteiger partial charge in [0, 0.05) is 18.4 Å². The Kier molecular flexibility index (Phi) is 5.93.